The summed E-state index contributed by atoms with van der Waals surface area (Å²) in [6.07, 6.45) is 1.60. The Morgan fingerprint density at radius 3 is 2.74 bits per heavy atom. The first-order valence-electron chi connectivity index (χ1n) is 9.15. The zero-order valence-electron chi connectivity index (χ0n) is 15.8. The molecule has 2 heterocycles. The number of carbonyl (C=O) groups is 4. The average Bonchev–Trinajstić information content (AvgIpc) is 3.24. The third-order valence-corrected chi connectivity index (χ3v) is 6.26. The average molecular weight is 398 g/mol. The molecular weight excluding hydrogens is 372 g/mol. The highest BCUT2D eigenvalue weighted by Crippen LogP contribution is 2.37. The van der Waals surface area contributed by atoms with E-state index in [1.54, 1.807) is 20.8 Å². The lowest BCUT2D eigenvalue weighted by molar-refractivity contribution is -0.127. The van der Waals surface area contributed by atoms with Crippen molar-refractivity contribution in [1.29, 1.82) is 0 Å². The maximum atomic E-state index is 12.7. The molecule has 2 saturated heterocycles. The van der Waals surface area contributed by atoms with Crippen LogP contribution < -0.4 is 16.0 Å². The Morgan fingerprint density at radius 2 is 2.11 bits per heavy atom. The van der Waals surface area contributed by atoms with Gasteiger partial charge in [0.1, 0.15) is 11.1 Å². The maximum Gasteiger partial charge on any atom is 0.411 e. The van der Waals surface area contributed by atoms with Gasteiger partial charge in [-0.1, -0.05) is 6.42 Å². The Hall–Kier alpha value is -1.97. The first kappa shape index (κ1) is 19.8. The van der Waals surface area contributed by atoms with Gasteiger partial charge in [0.2, 0.25) is 0 Å². The molecule has 5 amide bonds. The van der Waals surface area contributed by atoms with Crippen LogP contribution in [0.25, 0.3) is 0 Å². The van der Waals surface area contributed by atoms with Crippen molar-refractivity contribution in [2.75, 3.05) is 18.8 Å². The first-order chi connectivity index (χ1) is 12.6. The number of urea groups is 1. The monoisotopic (exact) mass is 398 g/mol. The highest BCUT2D eigenvalue weighted by atomic mass is 32.2. The van der Waals surface area contributed by atoms with Crippen molar-refractivity contribution in [3.8, 4) is 0 Å². The molecule has 3 aliphatic rings. The number of hydrogen-bond acceptors (Lipinski definition) is 6. The van der Waals surface area contributed by atoms with Crippen molar-refractivity contribution in [2.45, 2.75) is 56.5 Å². The molecule has 1 saturated carbocycles. The van der Waals surface area contributed by atoms with E-state index in [4.69, 9.17) is 4.74 Å². The van der Waals surface area contributed by atoms with Crippen LogP contribution in [0.1, 0.15) is 40.0 Å². The molecule has 1 aliphatic carbocycles. The molecule has 3 atom stereocenters. The number of imide groups is 1. The van der Waals surface area contributed by atoms with Gasteiger partial charge in [-0.25, -0.2) is 9.59 Å². The van der Waals surface area contributed by atoms with Crippen LogP contribution in [0.2, 0.25) is 0 Å². The van der Waals surface area contributed by atoms with Crippen molar-refractivity contribution < 1.29 is 23.9 Å². The van der Waals surface area contributed by atoms with E-state index < -0.39 is 28.6 Å². The Morgan fingerprint density at radius 1 is 1.37 bits per heavy atom. The van der Waals surface area contributed by atoms with Gasteiger partial charge < -0.3 is 15.4 Å². The fourth-order valence-corrected chi connectivity index (χ4v) is 4.96. The van der Waals surface area contributed by atoms with E-state index in [9.17, 15) is 19.2 Å². The highest BCUT2D eigenvalue weighted by Gasteiger charge is 2.54. The summed E-state index contributed by atoms with van der Waals surface area (Å²) in [7, 11) is 0. The van der Waals surface area contributed by atoms with Crippen LogP contribution in [0.15, 0.2) is 0 Å². The molecule has 1 spiro atoms. The molecule has 3 unspecified atom stereocenters. The summed E-state index contributed by atoms with van der Waals surface area (Å²) in [4.78, 5) is 50.2. The first-order valence-corrected chi connectivity index (χ1v) is 10.2. The van der Waals surface area contributed by atoms with Crippen molar-refractivity contribution in [3.05, 3.63) is 0 Å². The third kappa shape index (κ3) is 3.99. The fourth-order valence-electron chi connectivity index (χ4n) is 3.83. The van der Waals surface area contributed by atoms with Crippen LogP contribution in [0.5, 0.6) is 0 Å². The van der Waals surface area contributed by atoms with E-state index >= 15 is 0 Å². The molecule has 3 fully saturated rings. The van der Waals surface area contributed by atoms with Crippen LogP contribution in [-0.2, 0) is 14.3 Å². The lowest BCUT2D eigenvalue weighted by Crippen LogP contribution is -2.54. The summed E-state index contributed by atoms with van der Waals surface area (Å²) in [5, 5.41) is 7.24. The maximum absolute atomic E-state index is 12.7. The van der Waals surface area contributed by atoms with Gasteiger partial charge in [-0.05, 0) is 33.6 Å². The number of nitrogens with zero attached hydrogens (tertiary/aromatic N) is 1. The van der Waals surface area contributed by atoms with Crippen LogP contribution in [0.4, 0.5) is 9.59 Å². The van der Waals surface area contributed by atoms with Crippen LogP contribution in [-0.4, -0.2) is 64.2 Å². The lowest BCUT2D eigenvalue weighted by atomic mass is 9.87. The molecule has 3 N–H and O–H groups in total. The molecule has 27 heavy (non-hydrogen) atoms. The Kier molecular flexibility index (Phi) is 5.29. The second kappa shape index (κ2) is 7.21. The van der Waals surface area contributed by atoms with Gasteiger partial charge in [0.15, 0.2) is 5.37 Å². The van der Waals surface area contributed by atoms with E-state index in [2.05, 4.69) is 16.0 Å². The number of ether oxygens (including phenoxy) is 1. The predicted molar refractivity (Wildman–Crippen MR) is 98.9 cm³/mol. The highest BCUT2D eigenvalue weighted by molar-refractivity contribution is 8.00. The molecule has 10 heteroatoms. The number of hydrogen-bond donors (Lipinski definition) is 3. The van der Waals surface area contributed by atoms with E-state index in [0.717, 1.165) is 12.8 Å². The second-order valence-corrected chi connectivity index (χ2v) is 9.30. The Bertz CT molecular complexity index is 664. The minimum atomic E-state index is -0.933. The Labute approximate surface area is 162 Å². The van der Waals surface area contributed by atoms with Gasteiger partial charge in [-0.2, -0.15) is 0 Å². The minimum Gasteiger partial charge on any atom is -0.444 e. The zero-order valence-corrected chi connectivity index (χ0v) is 16.6. The molecule has 150 valence electrons. The topological polar surface area (TPSA) is 117 Å². The number of thioether (sulfide) groups is 1. The fraction of sp³-hybridized carbons (Fsp3) is 0.765. The molecule has 0 aromatic rings. The number of nitrogens with one attached hydrogen (secondary N) is 3. The van der Waals surface area contributed by atoms with Gasteiger partial charge in [-0.15, -0.1) is 11.8 Å². The Balaban J connectivity index is 1.59. The van der Waals surface area contributed by atoms with E-state index in [1.807, 2.05) is 0 Å². The van der Waals surface area contributed by atoms with Crippen LogP contribution >= 0.6 is 11.8 Å². The summed E-state index contributed by atoms with van der Waals surface area (Å²) in [6.45, 7) is 6.06. The standard InChI is InChI=1S/C17H26N4O5S/c1-16(2,3)26-15(25)21-7-8-27-12(21)11(22)18-9-10-5-4-6-17(10)13(23)19-14(24)20-17/h10,12H,4-9H2,1-3H3,(H,18,22)(H2,19,20,23,24). The molecule has 9 nitrogen and oxygen atoms in total. The zero-order chi connectivity index (χ0) is 19.8. The smallest absolute Gasteiger partial charge is 0.411 e. The van der Waals surface area contributed by atoms with Crippen molar-refractivity contribution in [2.24, 2.45) is 5.92 Å². The van der Waals surface area contributed by atoms with Crippen LogP contribution in [0.3, 0.4) is 0 Å². The van der Waals surface area contributed by atoms with Gasteiger partial charge in [0.05, 0.1) is 0 Å². The van der Waals surface area contributed by atoms with Crippen molar-refractivity contribution in [3.63, 3.8) is 0 Å². The molecule has 0 aromatic carbocycles. The SMILES string of the molecule is CC(C)(C)OC(=O)N1CCSC1C(=O)NCC1CCCC12NC(=O)NC2=O. The number of amides is 5. The number of rotatable bonds is 3. The van der Waals surface area contributed by atoms with Gasteiger partial charge in [-0.3, -0.25) is 19.8 Å². The molecule has 0 bridgehead atoms. The summed E-state index contributed by atoms with van der Waals surface area (Å²) in [6, 6.07) is -0.485. The summed E-state index contributed by atoms with van der Waals surface area (Å²) in [5.74, 6) is -0.123. The van der Waals surface area contributed by atoms with E-state index in [1.165, 1.54) is 16.7 Å². The summed E-state index contributed by atoms with van der Waals surface area (Å²) < 4.78 is 5.38. The van der Waals surface area contributed by atoms with E-state index in [-0.39, 0.29) is 24.3 Å². The predicted octanol–water partition coefficient (Wildman–Crippen LogP) is 0.791. The molecule has 3 rings (SSSR count). The molecular formula is C17H26N4O5S. The third-order valence-electron chi connectivity index (χ3n) is 5.06. The molecule has 2 aliphatic heterocycles. The molecule has 0 radical (unpaired) electrons. The van der Waals surface area contributed by atoms with Gasteiger partial charge in [0, 0.05) is 24.8 Å². The van der Waals surface area contributed by atoms with Crippen molar-refractivity contribution in [1.82, 2.24) is 20.9 Å². The van der Waals surface area contributed by atoms with Crippen molar-refractivity contribution >= 4 is 35.7 Å². The molecule has 0 aromatic heterocycles. The number of carbonyl (C=O) groups excluding carboxylic acids is 4. The van der Waals surface area contributed by atoms with Gasteiger partial charge >= 0.3 is 12.1 Å². The lowest BCUT2D eigenvalue weighted by Gasteiger charge is -2.30. The second-order valence-electron chi connectivity index (χ2n) is 8.11. The minimum absolute atomic E-state index is 0.172. The largest absolute Gasteiger partial charge is 0.444 e. The summed E-state index contributed by atoms with van der Waals surface area (Å²) in [5.41, 5.74) is -1.56. The van der Waals surface area contributed by atoms with Crippen LogP contribution in [0, 0.1) is 5.92 Å². The summed E-state index contributed by atoms with van der Waals surface area (Å²) >= 11 is 1.38. The van der Waals surface area contributed by atoms with Gasteiger partial charge in [0.25, 0.3) is 11.8 Å². The quantitative estimate of drug-likeness (QED) is 0.605. The van der Waals surface area contributed by atoms with E-state index in [0.29, 0.717) is 18.7 Å². The normalized spacial score (nSPS) is 30.4.